The molecule has 0 spiro atoms. The zero-order valence-corrected chi connectivity index (χ0v) is 20.0. The van der Waals surface area contributed by atoms with Gasteiger partial charge < -0.3 is 25.0 Å². The summed E-state index contributed by atoms with van der Waals surface area (Å²) >= 11 is 0. The van der Waals surface area contributed by atoms with Gasteiger partial charge in [-0.1, -0.05) is 19.1 Å². The van der Waals surface area contributed by atoms with Crippen molar-refractivity contribution in [3.05, 3.63) is 59.7 Å². The van der Waals surface area contributed by atoms with Gasteiger partial charge in [0.2, 0.25) is 5.91 Å². The largest absolute Gasteiger partial charge is 0.497 e. The number of hydrogen-bond donors (Lipinski definition) is 2. The maximum Gasteiger partial charge on any atom is 0.257 e. The molecular weight excluding hydrogens is 434 g/mol. The Labute approximate surface area is 200 Å². The molecule has 0 bridgehead atoms. The van der Waals surface area contributed by atoms with Crippen LogP contribution in [0.15, 0.2) is 48.5 Å². The van der Waals surface area contributed by atoms with E-state index in [1.54, 1.807) is 55.5 Å². The predicted octanol–water partition coefficient (Wildman–Crippen LogP) is 2.88. The Hall–Kier alpha value is -3.55. The van der Waals surface area contributed by atoms with E-state index in [2.05, 4.69) is 10.6 Å². The second kappa shape index (κ2) is 12.1. The quantitative estimate of drug-likeness (QED) is 0.591. The fraction of sp³-hybridized carbons (Fsp3) is 0.423. The first-order valence-electron chi connectivity index (χ1n) is 11.6. The highest BCUT2D eigenvalue weighted by molar-refractivity contribution is 5.98. The molecule has 3 rings (SSSR count). The summed E-state index contributed by atoms with van der Waals surface area (Å²) < 4.78 is 10.5. The molecule has 1 saturated heterocycles. The molecule has 1 unspecified atom stereocenters. The third-order valence-electron chi connectivity index (χ3n) is 6.11. The lowest BCUT2D eigenvalue weighted by Gasteiger charge is -2.36. The molecule has 1 aliphatic heterocycles. The average Bonchev–Trinajstić information content (AvgIpc) is 2.89. The highest BCUT2D eigenvalue weighted by Gasteiger charge is 2.34. The van der Waals surface area contributed by atoms with Crippen LogP contribution >= 0.6 is 0 Å². The minimum absolute atomic E-state index is 0.0826. The van der Waals surface area contributed by atoms with E-state index in [0.29, 0.717) is 55.1 Å². The average molecular weight is 468 g/mol. The number of likely N-dealkylation sites (tertiary alicyclic amines) is 1. The highest BCUT2D eigenvalue weighted by Crippen LogP contribution is 2.26. The number of carbonyl (C=O) groups is 3. The Bertz CT molecular complexity index is 984. The predicted molar refractivity (Wildman–Crippen MR) is 129 cm³/mol. The Morgan fingerprint density at radius 1 is 1.00 bits per heavy atom. The van der Waals surface area contributed by atoms with E-state index in [1.807, 2.05) is 19.1 Å². The maximum absolute atomic E-state index is 13.0. The monoisotopic (exact) mass is 467 g/mol. The van der Waals surface area contributed by atoms with Gasteiger partial charge in [-0.25, -0.2) is 0 Å². The van der Waals surface area contributed by atoms with E-state index >= 15 is 0 Å². The summed E-state index contributed by atoms with van der Waals surface area (Å²) in [4.78, 5) is 40.7. The first-order valence-corrected chi connectivity index (χ1v) is 11.6. The van der Waals surface area contributed by atoms with Gasteiger partial charge in [0.05, 0.1) is 19.8 Å². The number of amides is 3. The van der Waals surface area contributed by atoms with Crippen LogP contribution in [0.25, 0.3) is 0 Å². The first-order chi connectivity index (χ1) is 16.5. The fourth-order valence-electron chi connectivity index (χ4n) is 4.15. The lowest BCUT2D eigenvalue weighted by molar-refractivity contribution is -0.124. The molecule has 0 radical (unpaired) electrons. The van der Waals surface area contributed by atoms with Crippen molar-refractivity contribution >= 4 is 17.7 Å². The molecule has 0 aromatic heterocycles. The number of nitrogens with zero attached hydrogens (tertiary/aromatic N) is 1. The summed E-state index contributed by atoms with van der Waals surface area (Å²) in [7, 11) is 3.11. The molecule has 8 nitrogen and oxygen atoms in total. The minimum Gasteiger partial charge on any atom is -0.497 e. The second-order valence-electron chi connectivity index (χ2n) is 8.30. The van der Waals surface area contributed by atoms with Gasteiger partial charge >= 0.3 is 0 Å². The van der Waals surface area contributed by atoms with Crippen LogP contribution in [0, 0.1) is 5.92 Å². The first kappa shape index (κ1) is 25.1. The summed E-state index contributed by atoms with van der Waals surface area (Å²) in [5, 5.41) is 5.84. The van der Waals surface area contributed by atoms with Crippen molar-refractivity contribution in [2.45, 2.75) is 32.2 Å². The third kappa shape index (κ3) is 6.07. The standard InChI is InChI=1S/C26H33N3O5/c1-4-15-27-25(31)23(28-24(30)19-9-11-20(33-2)12-10-19)18-13-16-29(17-14-18)26(32)21-7-5-6-8-22(21)34-3/h5-12,18,23H,4,13-17H2,1-3H3,(H,27,31)(H,28,30). The van der Waals surface area contributed by atoms with Crippen LogP contribution in [0.1, 0.15) is 46.9 Å². The number of benzene rings is 2. The van der Waals surface area contributed by atoms with Gasteiger partial charge in [-0.05, 0) is 61.6 Å². The highest BCUT2D eigenvalue weighted by atomic mass is 16.5. The van der Waals surface area contributed by atoms with E-state index in [4.69, 9.17) is 9.47 Å². The number of rotatable bonds is 9. The molecule has 1 fully saturated rings. The number of ether oxygens (including phenoxy) is 2. The minimum atomic E-state index is -0.676. The number of piperidine rings is 1. The van der Waals surface area contributed by atoms with Crippen LogP contribution in [0.4, 0.5) is 0 Å². The van der Waals surface area contributed by atoms with Crippen LogP contribution in [-0.2, 0) is 4.79 Å². The van der Waals surface area contributed by atoms with Crippen molar-refractivity contribution in [3.8, 4) is 11.5 Å². The third-order valence-corrected chi connectivity index (χ3v) is 6.11. The summed E-state index contributed by atoms with van der Waals surface area (Å²) in [5.41, 5.74) is 0.978. The zero-order valence-electron chi connectivity index (χ0n) is 20.0. The smallest absolute Gasteiger partial charge is 0.257 e. The van der Waals surface area contributed by atoms with Gasteiger partial charge in [-0.15, -0.1) is 0 Å². The number of carbonyl (C=O) groups excluding carboxylic acids is 3. The van der Waals surface area contributed by atoms with Crippen molar-refractivity contribution in [2.24, 2.45) is 5.92 Å². The van der Waals surface area contributed by atoms with Gasteiger partial charge in [0.15, 0.2) is 0 Å². The lowest BCUT2D eigenvalue weighted by Crippen LogP contribution is -2.54. The van der Waals surface area contributed by atoms with Gasteiger partial charge in [0.1, 0.15) is 17.5 Å². The molecule has 1 atom stereocenters. The zero-order chi connectivity index (χ0) is 24.5. The van der Waals surface area contributed by atoms with Crippen LogP contribution in [0.2, 0.25) is 0 Å². The van der Waals surface area contributed by atoms with E-state index in [9.17, 15) is 14.4 Å². The summed E-state index contributed by atoms with van der Waals surface area (Å²) in [6.45, 7) is 3.51. The molecule has 8 heteroatoms. The molecule has 2 aromatic carbocycles. The molecular formula is C26H33N3O5. The van der Waals surface area contributed by atoms with Crippen molar-refractivity contribution in [1.82, 2.24) is 15.5 Å². The van der Waals surface area contributed by atoms with Crippen LogP contribution in [-0.4, -0.2) is 62.5 Å². The number of para-hydroxylation sites is 1. The van der Waals surface area contributed by atoms with Crippen molar-refractivity contribution in [1.29, 1.82) is 0 Å². The van der Waals surface area contributed by atoms with Gasteiger partial charge in [-0.2, -0.15) is 0 Å². The van der Waals surface area contributed by atoms with E-state index in [0.717, 1.165) is 6.42 Å². The molecule has 34 heavy (non-hydrogen) atoms. The maximum atomic E-state index is 13.0. The van der Waals surface area contributed by atoms with E-state index < -0.39 is 6.04 Å². The van der Waals surface area contributed by atoms with Crippen LogP contribution in [0.3, 0.4) is 0 Å². The molecule has 1 aliphatic rings. The molecule has 2 N–H and O–H groups in total. The Kier molecular flexibility index (Phi) is 8.90. The van der Waals surface area contributed by atoms with Crippen molar-refractivity contribution in [2.75, 3.05) is 33.9 Å². The van der Waals surface area contributed by atoms with E-state index in [1.165, 1.54) is 0 Å². The van der Waals surface area contributed by atoms with Crippen molar-refractivity contribution in [3.63, 3.8) is 0 Å². The van der Waals surface area contributed by atoms with Gasteiger partial charge in [0.25, 0.3) is 11.8 Å². The van der Waals surface area contributed by atoms with Crippen LogP contribution in [0.5, 0.6) is 11.5 Å². The molecule has 2 aromatic rings. The Balaban J connectivity index is 1.69. The SMILES string of the molecule is CCCNC(=O)C(NC(=O)c1ccc(OC)cc1)C1CCN(C(=O)c2ccccc2OC)CC1. The molecule has 182 valence electrons. The molecule has 0 aliphatic carbocycles. The lowest BCUT2D eigenvalue weighted by atomic mass is 9.88. The van der Waals surface area contributed by atoms with Crippen molar-refractivity contribution < 1.29 is 23.9 Å². The Morgan fingerprint density at radius 3 is 2.29 bits per heavy atom. The Morgan fingerprint density at radius 2 is 1.68 bits per heavy atom. The second-order valence-corrected chi connectivity index (χ2v) is 8.30. The van der Waals surface area contributed by atoms with Gasteiger partial charge in [0, 0.05) is 25.2 Å². The number of methoxy groups -OCH3 is 2. The topological polar surface area (TPSA) is 97.0 Å². The molecule has 1 heterocycles. The number of hydrogen-bond acceptors (Lipinski definition) is 5. The van der Waals surface area contributed by atoms with E-state index in [-0.39, 0.29) is 23.6 Å². The number of nitrogens with one attached hydrogen (secondary N) is 2. The summed E-state index contributed by atoms with van der Waals surface area (Å²) in [6, 6.07) is 13.2. The van der Waals surface area contributed by atoms with Crippen LogP contribution < -0.4 is 20.1 Å². The molecule has 0 saturated carbocycles. The van der Waals surface area contributed by atoms with Gasteiger partial charge in [-0.3, -0.25) is 14.4 Å². The fourth-order valence-corrected chi connectivity index (χ4v) is 4.15. The summed E-state index contributed by atoms with van der Waals surface area (Å²) in [5.74, 6) is 0.509. The molecule has 3 amide bonds. The summed E-state index contributed by atoms with van der Waals surface area (Å²) in [6.07, 6.45) is 2.01. The normalized spacial score (nSPS) is 14.7.